The number of rotatable bonds is 3. The molecule has 0 radical (unpaired) electrons. The van der Waals surface area contributed by atoms with Crippen LogP contribution in [0.4, 0.5) is 10.1 Å². The zero-order chi connectivity index (χ0) is 10.1. The first-order valence-electron chi connectivity index (χ1n) is 4.27. The molecule has 1 aromatic carbocycles. The van der Waals surface area contributed by atoms with Crippen LogP contribution in [0.15, 0.2) is 18.2 Å². The lowest BCUT2D eigenvalue weighted by molar-refractivity contribution is -0.387. The van der Waals surface area contributed by atoms with Gasteiger partial charge in [0.15, 0.2) is 0 Å². The minimum atomic E-state index is -0.854. The highest BCUT2D eigenvalue weighted by Gasteiger charge is 2.24. The molecule has 0 aliphatic heterocycles. The summed E-state index contributed by atoms with van der Waals surface area (Å²) in [6.45, 7) is 0. The lowest BCUT2D eigenvalue weighted by atomic mass is 10.3. The third-order valence-corrected chi connectivity index (χ3v) is 1.94. The molecule has 74 valence electrons. The molecule has 1 aromatic rings. The molecule has 0 heterocycles. The van der Waals surface area contributed by atoms with Crippen LogP contribution in [0.25, 0.3) is 0 Å². The molecule has 0 atom stereocenters. The van der Waals surface area contributed by atoms with Crippen molar-refractivity contribution in [2.45, 2.75) is 18.9 Å². The Bertz CT molecular complexity index is 376. The van der Waals surface area contributed by atoms with Gasteiger partial charge in [-0.3, -0.25) is 10.1 Å². The van der Waals surface area contributed by atoms with Gasteiger partial charge >= 0.3 is 5.69 Å². The van der Waals surface area contributed by atoms with Crippen LogP contribution in [0.2, 0.25) is 0 Å². The Morgan fingerprint density at radius 2 is 2.21 bits per heavy atom. The fourth-order valence-electron chi connectivity index (χ4n) is 1.09. The normalized spacial score (nSPS) is 15.2. The van der Waals surface area contributed by atoms with Crippen LogP contribution in [0, 0.1) is 15.9 Å². The molecule has 0 bridgehead atoms. The molecule has 0 amide bonds. The largest absolute Gasteiger partial charge is 0.490 e. The van der Waals surface area contributed by atoms with Crippen LogP contribution in [-0.4, -0.2) is 11.0 Å². The smallest absolute Gasteiger partial charge is 0.305 e. The van der Waals surface area contributed by atoms with Crippen LogP contribution in [0.5, 0.6) is 5.75 Å². The van der Waals surface area contributed by atoms with E-state index in [1.54, 1.807) is 0 Å². The van der Waals surface area contributed by atoms with E-state index < -0.39 is 16.4 Å². The highest BCUT2D eigenvalue weighted by atomic mass is 19.1. The molecule has 0 saturated heterocycles. The molecule has 1 fully saturated rings. The molecule has 1 aliphatic rings. The predicted molar refractivity (Wildman–Crippen MR) is 46.7 cm³/mol. The van der Waals surface area contributed by atoms with Crippen molar-refractivity contribution in [3.63, 3.8) is 0 Å². The Morgan fingerprint density at radius 1 is 1.50 bits per heavy atom. The first-order valence-corrected chi connectivity index (χ1v) is 4.27. The first kappa shape index (κ1) is 8.93. The summed E-state index contributed by atoms with van der Waals surface area (Å²) in [5.74, 6) is -0.497. The van der Waals surface area contributed by atoms with E-state index in [-0.39, 0.29) is 6.10 Å². The summed E-state index contributed by atoms with van der Waals surface area (Å²) < 4.78 is 18.3. The molecule has 0 N–H and O–H groups in total. The third-order valence-electron chi connectivity index (χ3n) is 1.94. The number of halogens is 1. The number of nitrogens with zero attached hydrogens (tertiary/aromatic N) is 1. The van der Waals surface area contributed by atoms with Gasteiger partial charge in [0.05, 0.1) is 11.0 Å². The van der Waals surface area contributed by atoms with Crippen molar-refractivity contribution < 1.29 is 14.1 Å². The molecule has 0 unspecified atom stereocenters. The van der Waals surface area contributed by atoms with Crippen molar-refractivity contribution in [1.82, 2.24) is 0 Å². The van der Waals surface area contributed by atoms with Crippen molar-refractivity contribution in [1.29, 1.82) is 0 Å². The maximum atomic E-state index is 13.1. The lowest BCUT2D eigenvalue weighted by Gasteiger charge is -2.03. The van der Waals surface area contributed by atoms with Crippen LogP contribution in [-0.2, 0) is 0 Å². The fraction of sp³-hybridized carbons (Fsp3) is 0.333. The Balaban J connectivity index is 2.20. The van der Waals surface area contributed by atoms with Crippen molar-refractivity contribution >= 4 is 5.69 Å². The topological polar surface area (TPSA) is 52.4 Å². The second kappa shape index (κ2) is 3.25. The van der Waals surface area contributed by atoms with Crippen LogP contribution < -0.4 is 4.74 Å². The summed E-state index contributed by atoms with van der Waals surface area (Å²) in [6.07, 6.45) is 2.10. The molecule has 1 aliphatic carbocycles. The van der Waals surface area contributed by atoms with E-state index in [2.05, 4.69) is 0 Å². The summed E-state index contributed by atoms with van der Waals surface area (Å²) in [6, 6.07) is 3.59. The second-order valence-corrected chi connectivity index (χ2v) is 3.19. The van der Waals surface area contributed by atoms with Crippen molar-refractivity contribution in [3.8, 4) is 5.75 Å². The Labute approximate surface area is 79.5 Å². The number of nitro benzene ring substituents is 1. The Morgan fingerprint density at radius 3 is 2.71 bits per heavy atom. The van der Waals surface area contributed by atoms with E-state index >= 15 is 0 Å². The number of benzene rings is 1. The van der Waals surface area contributed by atoms with E-state index in [9.17, 15) is 14.5 Å². The number of hydrogen-bond donors (Lipinski definition) is 0. The minimum absolute atomic E-state index is 0.163. The van der Waals surface area contributed by atoms with Crippen LogP contribution in [0.1, 0.15) is 12.8 Å². The maximum absolute atomic E-state index is 13.1. The van der Waals surface area contributed by atoms with Crippen molar-refractivity contribution in [2.75, 3.05) is 0 Å². The first-order chi connectivity index (χ1) is 6.66. The fourth-order valence-corrected chi connectivity index (χ4v) is 1.09. The SMILES string of the molecule is O=[N+]([O-])c1ccc(OC2CC2)cc1F. The lowest BCUT2D eigenvalue weighted by Crippen LogP contribution is -1.98. The zero-order valence-corrected chi connectivity index (χ0v) is 7.27. The van der Waals surface area contributed by atoms with Gasteiger partial charge in [-0.05, 0) is 18.9 Å². The zero-order valence-electron chi connectivity index (χ0n) is 7.27. The van der Waals surface area contributed by atoms with E-state index in [0.717, 1.165) is 25.0 Å². The van der Waals surface area contributed by atoms with Gasteiger partial charge in [0.1, 0.15) is 5.75 Å². The van der Waals surface area contributed by atoms with E-state index in [4.69, 9.17) is 4.74 Å². The van der Waals surface area contributed by atoms with Crippen molar-refractivity contribution in [3.05, 3.63) is 34.1 Å². The molecule has 5 heteroatoms. The van der Waals surface area contributed by atoms with Gasteiger partial charge in [-0.1, -0.05) is 0 Å². The number of nitro groups is 1. The summed E-state index contributed by atoms with van der Waals surface area (Å²) in [5.41, 5.74) is -0.520. The average Bonchev–Trinajstić information content (AvgIpc) is 2.87. The molecule has 2 rings (SSSR count). The maximum Gasteiger partial charge on any atom is 0.305 e. The molecular formula is C9H8FNO3. The summed E-state index contributed by atoms with van der Waals surface area (Å²) in [5, 5.41) is 10.3. The molecule has 0 aromatic heterocycles. The monoisotopic (exact) mass is 197 g/mol. The van der Waals surface area contributed by atoms with Gasteiger partial charge in [0, 0.05) is 12.1 Å². The standard InChI is InChI=1S/C9H8FNO3/c10-8-5-7(14-6-1-2-6)3-4-9(8)11(12)13/h3-6H,1-2H2. The summed E-state index contributed by atoms with van der Waals surface area (Å²) in [4.78, 5) is 9.54. The van der Waals surface area contributed by atoms with Crippen LogP contribution in [0.3, 0.4) is 0 Å². The van der Waals surface area contributed by atoms with E-state index in [1.807, 2.05) is 0 Å². The molecule has 0 spiro atoms. The van der Waals surface area contributed by atoms with Gasteiger partial charge in [-0.2, -0.15) is 4.39 Å². The van der Waals surface area contributed by atoms with E-state index in [1.165, 1.54) is 6.07 Å². The van der Waals surface area contributed by atoms with E-state index in [0.29, 0.717) is 5.75 Å². The predicted octanol–water partition coefficient (Wildman–Crippen LogP) is 2.28. The van der Waals surface area contributed by atoms with Gasteiger partial charge in [-0.15, -0.1) is 0 Å². The molecule has 14 heavy (non-hydrogen) atoms. The highest BCUT2D eigenvalue weighted by Crippen LogP contribution is 2.29. The highest BCUT2D eigenvalue weighted by molar-refractivity contribution is 5.38. The quantitative estimate of drug-likeness (QED) is 0.551. The Hall–Kier alpha value is -1.65. The third kappa shape index (κ3) is 1.81. The Kier molecular flexibility index (Phi) is 2.07. The van der Waals surface area contributed by atoms with Gasteiger partial charge in [0.25, 0.3) is 0 Å². The second-order valence-electron chi connectivity index (χ2n) is 3.19. The molecule has 4 nitrogen and oxygen atoms in total. The van der Waals surface area contributed by atoms with Gasteiger partial charge < -0.3 is 4.74 Å². The van der Waals surface area contributed by atoms with Crippen molar-refractivity contribution in [2.24, 2.45) is 0 Å². The summed E-state index contributed by atoms with van der Waals surface area (Å²) in [7, 11) is 0. The average molecular weight is 197 g/mol. The van der Waals surface area contributed by atoms with Gasteiger partial charge in [-0.25, -0.2) is 0 Å². The molecule has 1 saturated carbocycles. The van der Waals surface area contributed by atoms with Gasteiger partial charge in [0.2, 0.25) is 5.82 Å². The van der Waals surface area contributed by atoms with Crippen LogP contribution >= 0.6 is 0 Å². The number of hydrogen-bond acceptors (Lipinski definition) is 3. The molecular weight excluding hydrogens is 189 g/mol. The summed E-state index contributed by atoms with van der Waals surface area (Å²) >= 11 is 0. The number of ether oxygens (including phenoxy) is 1. The minimum Gasteiger partial charge on any atom is -0.490 e.